The predicted octanol–water partition coefficient (Wildman–Crippen LogP) is 3.33. The molecule has 0 bridgehead atoms. The van der Waals surface area contributed by atoms with Gasteiger partial charge in [0.25, 0.3) is 11.4 Å². The summed E-state index contributed by atoms with van der Waals surface area (Å²) in [4.78, 5) is 31.9. The zero-order chi connectivity index (χ0) is 26.3. The van der Waals surface area contributed by atoms with Crippen LogP contribution < -0.4 is 14.2 Å². The maximum Gasteiger partial charge on any atom is 0.321 e. The number of nitrogens with one attached hydrogen (secondary N) is 1. The third kappa shape index (κ3) is 6.74. The molecule has 0 spiro atoms. The number of nitrogens with zero attached hydrogens (tertiary/aromatic N) is 2. The fraction of sp³-hybridized carbons (Fsp3) is 0.136. The van der Waals surface area contributed by atoms with E-state index in [2.05, 4.69) is 0 Å². The van der Waals surface area contributed by atoms with Crippen LogP contribution in [0.3, 0.4) is 0 Å². The second-order valence-electron chi connectivity index (χ2n) is 7.07. The molecule has 3 aromatic carbocycles. The van der Waals surface area contributed by atoms with E-state index in [9.17, 15) is 33.4 Å². The predicted molar refractivity (Wildman–Crippen MR) is 124 cm³/mol. The van der Waals surface area contributed by atoms with Gasteiger partial charge in [-0.15, -0.1) is 0 Å². The number of esters is 1. The van der Waals surface area contributed by atoms with Gasteiger partial charge >= 0.3 is 5.97 Å². The molecule has 0 saturated heterocycles. The average Bonchev–Trinajstić information content (AvgIpc) is 2.87. The van der Waals surface area contributed by atoms with E-state index < -0.39 is 43.0 Å². The first-order valence-corrected chi connectivity index (χ1v) is 11.6. The minimum absolute atomic E-state index is 0.0657. The SMILES string of the molecule is COc1ccc(S(=O)(=O)NCC(=O)OCc2ccc(Oc3ccc([N+](=O)[O-])cc3)cc2)c([N+](=O)[O-])c1. The Hall–Kier alpha value is -4.56. The molecule has 0 amide bonds. The van der Waals surface area contributed by atoms with Crippen LogP contribution in [0.25, 0.3) is 0 Å². The number of carbonyl (C=O) groups excluding carboxylic acids is 1. The van der Waals surface area contributed by atoms with Gasteiger partial charge in [-0.3, -0.25) is 25.0 Å². The van der Waals surface area contributed by atoms with Crippen molar-refractivity contribution in [2.24, 2.45) is 0 Å². The highest BCUT2D eigenvalue weighted by molar-refractivity contribution is 7.89. The maximum atomic E-state index is 12.5. The fourth-order valence-corrected chi connectivity index (χ4v) is 3.99. The summed E-state index contributed by atoms with van der Waals surface area (Å²) in [6.07, 6.45) is 0. The van der Waals surface area contributed by atoms with E-state index in [1.54, 1.807) is 24.3 Å². The molecular formula is C22H19N3O10S. The summed E-state index contributed by atoms with van der Waals surface area (Å²) < 4.78 is 42.4. The summed E-state index contributed by atoms with van der Waals surface area (Å²) in [7, 11) is -3.10. The lowest BCUT2D eigenvalue weighted by atomic mass is 10.2. The van der Waals surface area contributed by atoms with Crippen LogP contribution in [-0.2, 0) is 26.2 Å². The minimum atomic E-state index is -4.38. The lowest BCUT2D eigenvalue weighted by Crippen LogP contribution is -2.31. The van der Waals surface area contributed by atoms with Crippen LogP contribution in [-0.4, -0.2) is 37.9 Å². The van der Waals surface area contributed by atoms with Gasteiger partial charge in [0.1, 0.15) is 30.4 Å². The molecule has 0 aliphatic rings. The highest BCUT2D eigenvalue weighted by atomic mass is 32.2. The van der Waals surface area contributed by atoms with Crippen molar-refractivity contribution in [3.63, 3.8) is 0 Å². The van der Waals surface area contributed by atoms with E-state index in [-0.39, 0.29) is 18.0 Å². The normalized spacial score (nSPS) is 10.9. The number of hydrogen-bond acceptors (Lipinski definition) is 10. The van der Waals surface area contributed by atoms with E-state index in [0.717, 1.165) is 12.1 Å². The Labute approximate surface area is 204 Å². The molecule has 0 saturated carbocycles. The summed E-state index contributed by atoms with van der Waals surface area (Å²) in [5, 5.41) is 21.9. The monoisotopic (exact) mass is 517 g/mol. The number of hydrogen-bond donors (Lipinski definition) is 1. The summed E-state index contributed by atoms with van der Waals surface area (Å²) in [5.41, 5.74) is -0.191. The number of methoxy groups -OCH3 is 1. The van der Waals surface area contributed by atoms with Crippen molar-refractivity contribution in [2.75, 3.05) is 13.7 Å². The zero-order valence-corrected chi connectivity index (χ0v) is 19.5. The zero-order valence-electron chi connectivity index (χ0n) is 18.7. The summed E-state index contributed by atoms with van der Waals surface area (Å²) in [6.45, 7) is -0.909. The van der Waals surface area contributed by atoms with Crippen LogP contribution in [0.2, 0.25) is 0 Å². The number of ether oxygens (including phenoxy) is 3. The van der Waals surface area contributed by atoms with Gasteiger partial charge < -0.3 is 14.2 Å². The minimum Gasteiger partial charge on any atom is -0.497 e. The highest BCUT2D eigenvalue weighted by Crippen LogP contribution is 2.28. The molecule has 0 radical (unpaired) electrons. The number of carbonyl (C=O) groups is 1. The molecule has 0 heterocycles. The van der Waals surface area contributed by atoms with Gasteiger partial charge in [0.2, 0.25) is 10.0 Å². The molecule has 13 nitrogen and oxygen atoms in total. The number of sulfonamides is 1. The Morgan fingerprint density at radius 2 is 1.47 bits per heavy atom. The van der Waals surface area contributed by atoms with Crippen molar-refractivity contribution in [3.05, 3.63) is 92.5 Å². The Morgan fingerprint density at radius 1 is 0.889 bits per heavy atom. The highest BCUT2D eigenvalue weighted by Gasteiger charge is 2.27. The number of nitro benzene ring substituents is 2. The van der Waals surface area contributed by atoms with Crippen LogP contribution in [0, 0.1) is 20.2 Å². The average molecular weight is 517 g/mol. The second kappa shape index (κ2) is 11.2. The lowest BCUT2D eigenvalue weighted by Gasteiger charge is -2.09. The van der Waals surface area contributed by atoms with Crippen LogP contribution in [0.4, 0.5) is 11.4 Å². The van der Waals surface area contributed by atoms with E-state index >= 15 is 0 Å². The smallest absolute Gasteiger partial charge is 0.321 e. The Morgan fingerprint density at radius 3 is 2.03 bits per heavy atom. The van der Waals surface area contributed by atoms with Crippen molar-refractivity contribution in [1.29, 1.82) is 0 Å². The summed E-state index contributed by atoms with van der Waals surface area (Å²) in [6, 6.07) is 15.1. The van der Waals surface area contributed by atoms with Gasteiger partial charge in [-0.05, 0) is 42.0 Å². The van der Waals surface area contributed by atoms with E-state index in [0.29, 0.717) is 17.1 Å². The molecule has 0 aliphatic heterocycles. The number of nitro groups is 2. The molecular weight excluding hydrogens is 498 g/mol. The molecule has 188 valence electrons. The van der Waals surface area contributed by atoms with Crippen molar-refractivity contribution >= 4 is 27.4 Å². The quantitative estimate of drug-likeness (QED) is 0.225. The van der Waals surface area contributed by atoms with Gasteiger partial charge in [-0.2, -0.15) is 4.72 Å². The molecule has 14 heteroatoms. The molecule has 0 atom stereocenters. The van der Waals surface area contributed by atoms with Gasteiger partial charge in [-0.25, -0.2) is 8.42 Å². The molecule has 0 aromatic heterocycles. The summed E-state index contributed by atoms with van der Waals surface area (Å²) >= 11 is 0. The third-order valence-electron chi connectivity index (χ3n) is 4.67. The van der Waals surface area contributed by atoms with Gasteiger partial charge in [-0.1, -0.05) is 12.1 Å². The van der Waals surface area contributed by atoms with Crippen molar-refractivity contribution in [2.45, 2.75) is 11.5 Å². The van der Waals surface area contributed by atoms with Crippen molar-refractivity contribution < 1.29 is 37.3 Å². The molecule has 3 rings (SSSR count). The van der Waals surface area contributed by atoms with Crippen LogP contribution in [0.5, 0.6) is 17.2 Å². The van der Waals surface area contributed by atoms with E-state index in [1.807, 2.05) is 4.72 Å². The van der Waals surface area contributed by atoms with Gasteiger partial charge in [0.05, 0.1) is 23.0 Å². The first kappa shape index (κ1) is 26.1. The number of benzene rings is 3. The van der Waals surface area contributed by atoms with Crippen molar-refractivity contribution in [1.82, 2.24) is 4.72 Å². The first-order chi connectivity index (χ1) is 17.1. The first-order valence-electron chi connectivity index (χ1n) is 10.1. The number of non-ortho nitro benzene ring substituents is 1. The fourth-order valence-electron chi connectivity index (χ4n) is 2.87. The van der Waals surface area contributed by atoms with Crippen LogP contribution in [0.15, 0.2) is 71.6 Å². The summed E-state index contributed by atoms with van der Waals surface area (Å²) in [5.74, 6) is 0.0297. The Kier molecular flexibility index (Phi) is 8.14. The molecule has 0 fully saturated rings. The van der Waals surface area contributed by atoms with Crippen LogP contribution >= 0.6 is 0 Å². The third-order valence-corrected chi connectivity index (χ3v) is 6.11. The maximum absolute atomic E-state index is 12.5. The molecule has 3 aromatic rings. The Bertz CT molecular complexity index is 1370. The second-order valence-corrected chi connectivity index (χ2v) is 8.81. The lowest BCUT2D eigenvalue weighted by molar-refractivity contribution is -0.387. The largest absolute Gasteiger partial charge is 0.497 e. The number of rotatable bonds is 11. The molecule has 0 aliphatic carbocycles. The standard InChI is InChI=1S/C22H19N3O10S/c1-33-19-10-11-21(20(12-19)25(29)30)36(31,32)23-13-22(26)34-14-15-2-6-17(7-3-15)35-18-8-4-16(5-9-18)24(27)28/h2-12,23H,13-14H2,1H3. The Balaban J connectivity index is 1.53. The molecule has 36 heavy (non-hydrogen) atoms. The van der Waals surface area contributed by atoms with E-state index in [1.165, 1.54) is 37.4 Å². The topological polar surface area (TPSA) is 177 Å². The van der Waals surface area contributed by atoms with Crippen molar-refractivity contribution in [3.8, 4) is 17.2 Å². The molecule has 1 N–H and O–H groups in total. The van der Waals surface area contributed by atoms with Gasteiger partial charge in [0.15, 0.2) is 4.90 Å². The van der Waals surface area contributed by atoms with Gasteiger partial charge in [0, 0.05) is 12.1 Å². The van der Waals surface area contributed by atoms with E-state index in [4.69, 9.17) is 14.2 Å². The van der Waals surface area contributed by atoms with Crippen LogP contribution in [0.1, 0.15) is 5.56 Å². The molecule has 0 unspecified atom stereocenters.